The molecule has 0 bridgehead atoms. The summed E-state index contributed by atoms with van der Waals surface area (Å²) in [5.41, 5.74) is -0.0181. The van der Waals surface area contributed by atoms with Gasteiger partial charge in [-0.05, 0) is 5.38 Å². The molecule has 5 heteroatoms. The zero-order valence-electron chi connectivity index (χ0n) is 5.76. The quantitative estimate of drug-likeness (QED) is 0.452. The second kappa shape index (κ2) is 3.05. The highest BCUT2D eigenvalue weighted by atomic mass is 32.1. The normalized spacial score (nSPS) is 9.64. The molecule has 56 valence electrons. The van der Waals surface area contributed by atoms with E-state index >= 15 is 0 Å². The second-order valence-electron chi connectivity index (χ2n) is 1.83. The average Bonchev–Trinajstić information content (AvgIpc) is 2.32. The Hall–Kier alpha value is -0.835. The maximum atomic E-state index is 12.8. The minimum absolute atomic E-state index is 0.0181. The lowest BCUT2D eigenvalue weighted by molar-refractivity contribution is 0.0602. The Bertz CT molecular complexity index is 284. The van der Waals surface area contributed by atoms with Gasteiger partial charge in [-0.3, -0.25) is 0 Å². The number of carbonyl (C=O) groups excluding carboxylic acids is 1. The number of esters is 1. The zero-order chi connectivity index (χ0) is 8.43. The number of thiophene rings is 1. The molecule has 1 heterocycles. The third kappa shape index (κ3) is 1.43. The fourth-order valence-electron chi connectivity index (χ4n) is 0.587. The van der Waals surface area contributed by atoms with E-state index in [1.54, 1.807) is 0 Å². The highest BCUT2D eigenvalue weighted by Crippen LogP contribution is 2.12. The molecule has 0 aromatic carbocycles. The third-order valence-electron chi connectivity index (χ3n) is 1.13. The van der Waals surface area contributed by atoms with Crippen molar-refractivity contribution in [3.05, 3.63) is 16.1 Å². The molecule has 0 spiro atoms. The van der Waals surface area contributed by atoms with Crippen LogP contribution in [-0.2, 0) is 4.74 Å². The zero-order valence-corrected chi connectivity index (χ0v) is 6.57. The van der Waals surface area contributed by atoms with Gasteiger partial charge < -0.3 is 4.74 Å². The standard InChI is InChI=1S/C6H4BFO2S/c1-10-6(9)5-4(8)3(7)2-11-5/h2H,1H3. The molecule has 2 radical (unpaired) electrons. The molecule has 1 aromatic heterocycles. The molecule has 0 aliphatic carbocycles. The topological polar surface area (TPSA) is 26.3 Å². The predicted octanol–water partition coefficient (Wildman–Crippen LogP) is 0.468. The first kappa shape index (κ1) is 8.26. The Labute approximate surface area is 68.4 Å². The van der Waals surface area contributed by atoms with Crippen LogP contribution in [0.15, 0.2) is 5.38 Å². The van der Waals surface area contributed by atoms with E-state index in [1.165, 1.54) is 12.5 Å². The highest BCUT2D eigenvalue weighted by molar-refractivity contribution is 7.12. The molecule has 0 fully saturated rings. The molecule has 0 unspecified atom stereocenters. The van der Waals surface area contributed by atoms with Gasteiger partial charge in [0.05, 0.1) is 7.11 Å². The molecule has 0 saturated heterocycles. The molecule has 1 rings (SSSR count). The van der Waals surface area contributed by atoms with E-state index in [1.807, 2.05) is 0 Å². The van der Waals surface area contributed by atoms with Gasteiger partial charge in [0.2, 0.25) is 0 Å². The second-order valence-corrected chi connectivity index (χ2v) is 2.71. The molecule has 11 heavy (non-hydrogen) atoms. The van der Waals surface area contributed by atoms with Gasteiger partial charge in [0.15, 0.2) is 0 Å². The van der Waals surface area contributed by atoms with Gasteiger partial charge in [0, 0.05) is 0 Å². The third-order valence-corrected chi connectivity index (χ3v) is 2.08. The smallest absolute Gasteiger partial charge is 0.351 e. The molecule has 2 nitrogen and oxygen atoms in total. The van der Waals surface area contributed by atoms with Gasteiger partial charge in [-0.15, -0.1) is 11.3 Å². The molecule has 0 atom stereocenters. The van der Waals surface area contributed by atoms with Crippen molar-refractivity contribution in [3.8, 4) is 0 Å². The number of hydrogen-bond acceptors (Lipinski definition) is 3. The molecule has 0 saturated carbocycles. The van der Waals surface area contributed by atoms with Crippen LogP contribution in [0.4, 0.5) is 4.39 Å². The SMILES string of the molecule is [B]c1csc(C(=O)OC)c1F. The fraction of sp³-hybridized carbons (Fsp3) is 0.167. The number of carbonyl (C=O) groups is 1. The monoisotopic (exact) mass is 170 g/mol. The molecule has 1 aromatic rings. The summed E-state index contributed by atoms with van der Waals surface area (Å²) < 4.78 is 17.1. The van der Waals surface area contributed by atoms with Crippen LogP contribution >= 0.6 is 11.3 Å². The van der Waals surface area contributed by atoms with Crippen LogP contribution in [-0.4, -0.2) is 20.9 Å². The van der Waals surface area contributed by atoms with Crippen LogP contribution in [0.3, 0.4) is 0 Å². The first-order chi connectivity index (χ1) is 5.16. The Kier molecular flexibility index (Phi) is 2.29. The Balaban J connectivity index is 3.04. The van der Waals surface area contributed by atoms with Crippen molar-refractivity contribution in [2.24, 2.45) is 0 Å². The van der Waals surface area contributed by atoms with Crippen LogP contribution in [0.5, 0.6) is 0 Å². The summed E-state index contributed by atoms with van der Waals surface area (Å²) >= 11 is 0.934. The first-order valence-electron chi connectivity index (χ1n) is 2.77. The van der Waals surface area contributed by atoms with Gasteiger partial charge in [-0.1, -0.05) is 5.46 Å². The van der Waals surface area contributed by atoms with Crippen LogP contribution in [0.25, 0.3) is 0 Å². The van der Waals surface area contributed by atoms with Gasteiger partial charge in [0.1, 0.15) is 18.5 Å². The number of halogens is 1. The van der Waals surface area contributed by atoms with Gasteiger partial charge in [0.25, 0.3) is 0 Å². The van der Waals surface area contributed by atoms with E-state index < -0.39 is 11.8 Å². The number of methoxy groups -OCH3 is 1. The molecule has 0 amide bonds. The van der Waals surface area contributed by atoms with E-state index in [0.29, 0.717) is 0 Å². The summed E-state index contributed by atoms with van der Waals surface area (Å²) in [5.74, 6) is -1.38. The Morgan fingerprint density at radius 3 is 2.82 bits per heavy atom. The fourth-order valence-corrected chi connectivity index (χ4v) is 1.34. The number of hydrogen-bond donors (Lipinski definition) is 0. The van der Waals surface area contributed by atoms with Gasteiger partial charge in [-0.25, -0.2) is 9.18 Å². The van der Waals surface area contributed by atoms with Gasteiger partial charge >= 0.3 is 5.97 Å². The lowest BCUT2D eigenvalue weighted by Gasteiger charge is -1.93. The summed E-state index contributed by atoms with van der Waals surface area (Å²) in [6.07, 6.45) is 0. The van der Waals surface area contributed by atoms with Crippen molar-refractivity contribution >= 4 is 30.6 Å². The number of rotatable bonds is 1. The van der Waals surface area contributed by atoms with E-state index in [9.17, 15) is 9.18 Å². The van der Waals surface area contributed by atoms with Crippen molar-refractivity contribution in [2.45, 2.75) is 0 Å². The van der Waals surface area contributed by atoms with Crippen molar-refractivity contribution < 1.29 is 13.9 Å². The molecular formula is C6H4BFO2S. The summed E-state index contributed by atoms with van der Waals surface area (Å²) in [7, 11) is 6.35. The highest BCUT2D eigenvalue weighted by Gasteiger charge is 2.15. The summed E-state index contributed by atoms with van der Waals surface area (Å²) in [6.45, 7) is 0. The van der Waals surface area contributed by atoms with E-state index in [0.717, 1.165) is 11.3 Å². The molecular weight excluding hydrogens is 166 g/mol. The van der Waals surface area contributed by atoms with Crippen molar-refractivity contribution in [1.82, 2.24) is 0 Å². The molecule has 0 aliphatic heterocycles. The Morgan fingerprint density at radius 1 is 1.82 bits per heavy atom. The maximum absolute atomic E-state index is 12.8. The molecule has 0 N–H and O–H groups in total. The van der Waals surface area contributed by atoms with Gasteiger partial charge in [-0.2, -0.15) is 0 Å². The summed E-state index contributed by atoms with van der Waals surface area (Å²) in [6, 6.07) is 0. The molecule has 0 aliphatic rings. The van der Waals surface area contributed by atoms with Crippen molar-refractivity contribution in [3.63, 3.8) is 0 Å². The Morgan fingerprint density at radius 2 is 2.45 bits per heavy atom. The average molecular weight is 170 g/mol. The first-order valence-corrected chi connectivity index (χ1v) is 3.65. The predicted molar refractivity (Wildman–Crippen MR) is 41.0 cm³/mol. The van der Waals surface area contributed by atoms with E-state index in [2.05, 4.69) is 4.74 Å². The van der Waals surface area contributed by atoms with E-state index in [-0.39, 0.29) is 10.3 Å². The lowest BCUT2D eigenvalue weighted by Crippen LogP contribution is -2.08. The van der Waals surface area contributed by atoms with Crippen LogP contribution in [0.1, 0.15) is 9.67 Å². The lowest BCUT2D eigenvalue weighted by atomic mass is 10.00. The minimum Gasteiger partial charge on any atom is -0.465 e. The summed E-state index contributed by atoms with van der Waals surface area (Å²) in [5, 5.41) is 1.36. The largest absolute Gasteiger partial charge is 0.465 e. The summed E-state index contributed by atoms with van der Waals surface area (Å²) in [4.78, 5) is 10.7. The van der Waals surface area contributed by atoms with E-state index in [4.69, 9.17) is 7.85 Å². The maximum Gasteiger partial charge on any atom is 0.351 e. The minimum atomic E-state index is -0.693. The van der Waals surface area contributed by atoms with Crippen molar-refractivity contribution in [2.75, 3.05) is 7.11 Å². The van der Waals surface area contributed by atoms with Crippen LogP contribution < -0.4 is 5.46 Å². The number of ether oxygens (including phenoxy) is 1. The van der Waals surface area contributed by atoms with Crippen LogP contribution in [0, 0.1) is 5.82 Å². The van der Waals surface area contributed by atoms with Crippen molar-refractivity contribution in [1.29, 1.82) is 0 Å². The van der Waals surface area contributed by atoms with Crippen LogP contribution in [0.2, 0.25) is 0 Å².